The Bertz CT molecular complexity index is 566. The number of rotatable bonds is 3. The molecule has 0 spiro atoms. The van der Waals surface area contributed by atoms with E-state index in [0.717, 1.165) is 43.7 Å². The number of aryl methyl sites for hydroxylation is 1. The van der Waals surface area contributed by atoms with E-state index in [-0.39, 0.29) is 0 Å². The number of nitrogens with zero attached hydrogens (tertiary/aromatic N) is 3. The fourth-order valence-corrected chi connectivity index (χ4v) is 2.49. The summed E-state index contributed by atoms with van der Waals surface area (Å²) in [5, 5.41) is 3.41. The lowest BCUT2D eigenvalue weighted by atomic mass is 10.0. The van der Waals surface area contributed by atoms with Gasteiger partial charge >= 0.3 is 0 Å². The third kappa shape index (κ3) is 2.49. The molecule has 2 aromatic rings. The van der Waals surface area contributed by atoms with Crippen LogP contribution < -0.4 is 5.32 Å². The van der Waals surface area contributed by atoms with Gasteiger partial charge in [0, 0.05) is 48.7 Å². The van der Waals surface area contributed by atoms with Gasteiger partial charge in [0.1, 0.15) is 0 Å². The zero-order valence-corrected chi connectivity index (χ0v) is 11.2. The zero-order valence-electron chi connectivity index (χ0n) is 11.2. The molecule has 0 bridgehead atoms. The molecule has 0 radical (unpaired) electrons. The standard InChI is InChI=1S/C15H18N4/c1-2-3-13-12-10-17-9-6-14(12)19-15(18-13)11-4-7-16-8-5-11/h4-5,7-8,17H,2-3,6,9-10H2,1H3. The highest BCUT2D eigenvalue weighted by Gasteiger charge is 2.17. The van der Waals surface area contributed by atoms with Crippen LogP contribution in [0.15, 0.2) is 24.5 Å². The highest BCUT2D eigenvalue weighted by molar-refractivity contribution is 5.55. The molecule has 2 aromatic heterocycles. The maximum Gasteiger partial charge on any atom is 0.159 e. The molecule has 0 aromatic carbocycles. The van der Waals surface area contributed by atoms with Crippen molar-refractivity contribution in [1.29, 1.82) is 0 Å². The number of hydrogen-bond acceptors (Lipinski definition) is 4. The third-order valence-electron chi connectivity index (χ3n) is 3.44. The average molecular weight is 254 g/mol. The van der Waals surface area contributed by atoms with Gasteiger partial charge in [-0.3, -0.25) is 4.98 Å². The number of fused-ring (bicyclic) bond motifs is 1. The summed E-state index contributed by atoms with van der Waals surface area (Å²) in [6.07, 6.45) is 6.70. The summed E-state index contributed by atoms with van der Waals surface area (Å²) in [6.45, 7) is 4.10. The molecule has 3 heterocycles. The minimum atomic E-state index is 0.839. The second-order valence-electron chi connectivity index (χ2n) is 4.83. The van der Waals surface area contributed by atoms with Crippen LogP contribution in [0, 0.1) is 0 Å². The first kappa shape index (κ1) is 12.2. The van der Waals surface area contributed by atoms with Gasteiger partial charge < -0.3 is 5.32 Å². The quantitative estimate of drug-likeness (QED) is 0.911. The summed E-state index contributed by atoms with van der Waals surface area (Å²) in [4.78, 5) is 13.6. The van der Waals surface area contributed by atoms with Crippen molar-refractivity contribution in [1.82, 2.24) is 20.3 Å². The molecular weight excluding hydrogens is 236 g/mol. The average Bonchev–Trinajstić information content (AvgIpc) is 2.48. The minimum absolute atomic E-state index is 0.839. The van der Waals surface area contributed by atoms with E-state index in [4.69, 9.17) is 9.97 Å². The summed E-state index contributed by atoms with van der Waals surface area (Å²) in [7, 11) is 0. The van der Waals surface area contributed by atoms with E-state index in [1.54, 1.807) is 12.4 Å². The van der Waals surface area contributed by atoms with Gasteiger partial charge in [-0.05, 0) is 18.6 Å². The molecular formula is C15H18N4. The first-order chi connectivity index (χ1) is 9.38. The Kier molecular flexibility index (Phi) is 3.51. The maximum absolute atomic E-state index is 4.77. The molecule has 4 heteroatoms. The van der Waals surface area contributed by atoms with Crippen LogP contribution in [0.5, 0.6) is 0 Å². The predicted octanol–water partition coefficient (Wildman–Crippen LogP) is 2.14. The molecule has 98 valence electrons. The molecule has 4 nitrogen and oxygen atoms in total. The SMILES string of the molecule is CCCc1nc(-c2ccncc2)nc2c1CNCC2. The van der Waals surface area contributed by atoms with Gasteiger partial charge in [0.2, 0.25) is 0 Å². The van der Waals surface area contributed by atoms with Crippen molar-refractivity contribution in [3.8, 4) is 11.4 Å². The van der Waals surface area contributed by atoms with E-state index in [9.17, 15) is 0 Å². The van der Waals surface area contributed by atoms with Crippen LogP contribution in [0.1, 0.15) is 30.3 Å². The fraction of sp³-hybridized carbons (Fsp3) is 0.400. The molecule has 3 rings (SSSR count). The molecule has 1 aliphatic rings. The summed E-state index contributed by atoms with van der Waals surface area (Å²) >= 11 is 0. The second kappa shape index (κ2) is 5.45. The zero-order chi connectivity index (χ0) is 13.1. The molecule has 0 atom stereocenters. The number of aromatic nitrogens is 3. The van der Waals surface area contributed by atoms with Crippen molar-refractivity contribution in [3.63, 3.8) is 0 Å². The van der Waals surface area contributed by atoms with E-state index in [1.165, 1.54) is 17.0 Å². The molecule has 0 amide bonds. The van der Waals surface area contributed by atoms with Crippen LogP contribution in [-0.2, 0) is 19.4 Å². The lowest BCUT2D eigenvalue weighted by Gasteiger charge is -2.20. The number of pyridine rings is 1. The van der Waals surface area contributed by atoms with Crippen LogP contribution >= 0.6 is 0 Å². The molecule has 0 unspecified atom stereocenters. The van der Waals surface area contributed by atoms with Crippen LogP contribution in [0.4, 0.5) is 0 Å². The largest absolute Gasteiger partial charge is 0.312 e. The molecule has 0 aliphatic carbocycles. The van der Waals surface area contributed by atoms with Crippen LogP contribution in [0.25, 0.3) is 11.4 Å². The molecule has 1 N–H and O–H groups in total. The Labute approximate surface area is 113 Å². The van der Waals surface area contributed by atoms with Gasteiger partial charge in [-0.1, -0.05) is 13.3 Å². The molecule has 19 heavy (non-hydrogen) atoms. The van der Waals surface area contributed by atoms with Crippen LogP contribution in [-0.4, -0.2) is 21.5 Å². The van der Waals surface area contributed by atoms with Crippen molar-refractivity contribution in [3.05, 3.63) is 41.5 Å². The normalized spacial score (nSPS) is 14.2. The van der Waals surface area contributed by atoms with E-state index < -0.39 is 0 Å². The molecule has 0 saturated heterocycles. The second-order valence-corrected chi connectivity index (χ2v) is 4.83. The predicted molar refractivity (Wildman–Crippen MR) is 74.7 cm³/mol. The van der Waals surface area contributed by atoms with Crippen molar-refractivity contribution < 1.29 is 0 Å². The molecule has 0 saturated carbocycles. The Morgan fingerprint density at radius 2 is 2.05 bits per heavy atom. The van der Waals surface area contributed by atoms with Gasteiger partial charge in [0.25, 0.3) is 0 Å². The summed E-state index contributed by atoms with van der Waals surface area (Å²) < 4.78 is 0. The van der Waals surface area contributed by atoms with Crippen molar-refractivity contribution >= 4 is 0 Å². The van der Waals surface area contributed by atoms with Crippen molar-refractivity contribution in [2.24, 2.45) is 0 Å². The van der Waals surface area contributed by atoms with Crippen molar-refractivity contribution in [2.75, 3.05) is 6.54 Å². The van der Waals surface area contributed by atoms with Crippen LogP contribution in [0.3, 0.4) is 0 Å². The Hall–Kier alpha value is -1.81. The van der Waals surface area contributed by atoms with E-state index in [2.05, 4.69) is 17.2 Å². The van der Waals surface area contributed by atoms with Gasteiger partial charge in [-0.2, -0.15) is 0 Å². The first-order valence-corrected chi connectivity index (χ1v) is 6.88. The van der Waals surface area contributed by atoms with E-state index >= 15 is 0 Å². The van der Waals surface area contributed by atoms with E-state index in [0.29, 0.717) is 0 Å². The van der Waals surface area contributed by atoms with Crippen LogP contribution in [0.2, 0.25) is 0 Å². The maximum atomic E-state index is 4.77. The lowest BCUT2D eigenvalue weighted by molar-refractivity contribution is 0.615. The molecule has 1 aliphatic heterocycles. The third-order valence-corrected chi connectivity index (χ3v) is 3.44. The topological polar surface area (TPSA) is 50.7 Å². The number of nitrogens with one attached hydrogen (secondary N) is 1. The lowest BCUT2D eigenvalue weighted by Crippen LogP contribution is -2.26. The van der Waals surface area contributed by atoms with Gasteiger partial charge in [0.05, 0.1) is 5.69 Å². The number of hydrogen-bond donors (Lipinski definition) is 1. The van der Waals surface area contributed by atoms with E-state index in [1.807, 2.05) is 12.1 Å². The van der Waals surface area contributed by atoms with Crippen molar-refractivity contribution in [2.45, 2.75) is 32.7 Å². The van der Waals surface area contributed by atoms with Gasteiger partial charge in [-0.15, -0.1) is 0 Å². The Morgan fingerprint density at radius 1 is 1.21 bits per heavy atom. The Morgan fingerprint density at radius 3 is 2.84 bits per heavy atom. The summed E-state index contributed by atoms with van der Waals surface area (Å²) in [5.41, 5.74) is 4.77. The summed E-state index contributed by atoms with van der Waals surface area (Å²) in [5.74, 6) is 0.839. The monoisotopic (exact) mass is 254 g/mol. The smallest absolute Gasteiger partial charge is 0.159 e. The fourth-order valence-electron chi connectivity index (χ4n) is 2.49. The highest BCUT2D eigenvalue weighted by Crippen LogP contribution is 2.22. The minimum Gasteiger partial charge on any atom is -0.312 e. The highest BCUT2D eigenvalue weighted by atomic mass is 15.0. The molecule has 0 fully saturated rings. The van der Waals surface area contributed by atoms with Gasteiger partial charge in [0.15, 0.2) is 5.82 Å². The summed E-state index contributed by atoms with van der Waals surface area (Å²) in [6, 6.07) is 3.94. The van der Waals surface area contributed by atoms with Gasteiger partial charge in [-0.25, -0.2) is 9.97 Å². The Balaban J connectivity index is 2.09. The first-order valence-electron chi connectivity index (χ1n) is 6.88.